The first kappa shape index (κ1) is 33.2. The zero-order valence-electron chi connectivity index (χ0n) is 32.5. The van der Waals surface area contributed by atoms with Crippen molar-refractivity contribution in [1.82, 2.24) is 29.4 Å². The van der Waals surface area contributed by atoms with Gasteiger partial charge >= 0.3 is 0 Å². The molecule has 0 aromatic carbocycles. The topological polar surface area (TPSA) is 122 Å². The van der Waals surface area contributed by atoms with E-state index in [4.69, 9.17) is 0 Å². The summed E-state index contributed by atoms with van der Waals surface area (Å²) >= 11 is 0. The van der Waals surface area contributed by atoms with E-state index in [1.165, 1.54) is 0 Å². The molecule has 12 heteroatoms. The largest absolute Gasteiger partial charge is 0.338 e. The summed E-state index contributed by atoms with van der Waals surface area (Å²) in [6.45, 7) is 13.8. The van der Waals surface area contributed by atoms with Crippen molar-refractivity contribution in [2.75, 3.05) is 41.3 Å². The molecule has 11 fully saturated rings. The van der Waals surface area contributed by atoms with Crippen LogP contribution in [-0.4, -0.2) is 134 Å². The molecule has 280 valence electrons. The van der Waals surface area contributed by atoms with Crippen LogP contribution in [0.25, 0.3) is 0 Å². The van der Waals surface area contributed by atoms with Gasteiger partial charge in [0.25, 0.3) is 0 Å². The summed E-state index contributed by atoms with van der Waals surface area (Å²) in [5.41, 5.74) is -5.09. The van der Waals surface area contributed by atoms with Crippen LogP contribution in [-0.2, 0) is 28.8 Å². The van der Waals surface area contributed by atoms with E-state index in [2.05, 4.69) is 27.7 Å². The fourth-order valence-electron chi connectivity index (χ4n) is 16.0. The van der Waals surface area contributed by atoms with Crippen LogP contribution in [0, 0.1) is 45.3 Å². The van der Waals surface area contributed by atoms with Crippen molar-refractivity contribution in [3.8, 4) is 0 Å². The van der Waals surface area contributed by atoms with Gasteiger partial charge in [0.2, 0.25) is 35.4 Å². The van der Waals surface area contributed by atoms with Crippen molar-refractivity contribution in [1.29, 1.82) is 0 Å². The molecule has 10 heterocycles. The third-order valence-electron chi connectivity index (χ3n) is 18.9. The summed E-state index contributed by atoms with van der Waals surface area (Å²) in [6, 6.07) is -0.374. The van der Waals surface area contributed by atoms with Crippen molar-refractivity contribution in [3.63, 3.8) is 0 Å². The van der Waals surface area contributed by atoms with Crippen LogP contribution in [0.4, 0.5) is 0 Å². The molecule has 2 aliphatic carbocycles. The first-order chi connectivity index (χ1) is 24.1. The highest BCUT2D eigenvalue weighted by Crippen LogP contribution is 2.77. The SMILES string of the molecule is C[C@H]1CC(=O)N2CC34C[C@@]5(C(=O)N(C)C=C5C5CC6(CC78CN9C(=O)C[C@H](C)[C@@]9(C[C@H]7C6(C)C)C(=O)N8C)C(=O)N5C)C(C)(C)[C@@H]3C[C@]12C(=O)N4C. The number of piperazine rings is 2. The molecule has 9 saturated heterocycles. The second-order valence-electron chi connectivity index (χ2n) is 20.4. The molecule has 0 N–H and O–H groups in total. The second kappa shape index (κ2) is 8.75. The van der Waals surface area contributed by atoms with Gasteiger partial charge in [-0.3, -0.25) is 28.8 Å². The Kier molecular flexibility index (Phi) is 5.58. The number of amides is 6. The third-order valence-corrected chi connectivity index (χ3v) is 18.9. The number of likely N-dealkylation sites (tertiary alicyclic amines) is 1. The van der Waals surface area contributed by atoms with Crippen LogP contribution in [0.5, 0.6) is 0 Å². The quantitative estimate of drug-likeness (QED) is 0.411. The van der Waals surface area contributed by atoms with Gasteiger partial charge < -0.3 is 29.4 Å². The van der Waals surface area contributed by atoms with E-state index in [1.54, 1.807) is 4.90 Å². The molecular formula is C40H54N6O6. The molecule has 6 amide bonds. The van der Waals surface area contributed by atoms with E-state index >= 15 is 4.79 Å². The van der Waals surface area contributed by atoms with Crippen molar-refractivity contribution in [2.45, 2.75) is 115 Å². The zero-order valence-corrected chi connectivity index (χ0v) is 32.5. The maximum atomic E-state index is 15.2. The van der Waals surface area contributed by atoms with Crippen LogP contribution < -0.4 is 0 Å². The van der Waals surface area contributed by atoms with E-state index in [0.717, 1.165) is 5.57 Å². The highest BCUT2D eigenvalue weighted by atomic mass is 16.2. The molecule has 10 aliphatic heterocycles. The van der Waals surface area contributed by atoms with Crippen LogP contribution in [0.1, 0.15) is 86.5 Å². The van der Waals surface area contributed by atoms with Gasteiger partial charge in [0.05, 0.1) is 27.9 Å². The molecule has 4 bridgehead atoms. The van der Waals surface area contributed by atoms with Crippen molar-refractivity contribution in [2.24, 2.45) is 45.3 Å². The minimum atomic E-state index is -0.994. The summed E-state index contributed by atoms with van der Waals surface area (Å²) in [4.78, 5) is 97.0. The Morgan fingerprint density at radius 2 is 1.10 bits per heavy atom. The van der Waals surface area contributed by atoms with E-state index in [0.29, 0.717) is 58.0 Å². The van der Waals surface area contributed by atoms with Gasteiger partial charge in [0.15, 0.2) is 0 Å². The van der Waals surface area contributed by atoms with Gasteiger partial charge in [-0.05, 0) is 72.2 Å². The minimum Gasteiger partial charge on any atom is -0.338 e. The number of carbonyl (C=O) groups excluding carboxylic acids is 6. The summed E-state index contributed by atoms with van der Waals surface area (Å²) in [5.74, 6) is -0.114. The van der Waals surface area contributed by atoms with Crippen LogP contribution in [0.2, 0.25) is 0 Å². The number of likely N-dealkylation sites (N-methyl/N-ethyl adjacent to an activating group) is 3. The van der Waals surface area contributed by atoms with E-state index in [-0.39, 0.29) is 65.2 Å². The van der Waals surface area contributed by atoms with Crippen LogP contribution >= 0.6 is 0 Å². The number of nitrogens with zero attached hydrogens (tertiary/aromatic N) is 6. The normalized spacial score (nSPS) is 50.5. The van der Waals surface area contributed by atoms with Gasteiger partial charge in [-0.15, -0.1) is 0 Å². The molecule has 52 heavy (non-hydrogen) atoms. The Morgan fingerprint density at radius 1 is 0.615 bits per heavy atom. The molecule has 2 saturated carbocycles. The zero-order chi connectivity index (χ0) is 37.5. The number of hydrogen-bond acceptors (Lipinski definition) is 6. The number of piperidine rings is 4. The molecule has 11 atom stereocenters. The fraction of sp³-hybridized carbons (Fsp3) is 0.800. The molecule has 12 aliphatic rings. The molecule has 4 unspecified atom stereocenters. The lowest BCUT2D eigenvalue weighted by Gasteiger charge is -2.64. The van der Waals surface area contributed by atoms with E-state index in [1.807, 2.05) is 72.7 Å². The maximum Gasteiger partial charge on any atom is 0.249 e. The third kappa shape index (κ3) is 2.81. The first-order valence-corrected chi connectivity index (χ1v) is 19.5. The summed E-state index contributed by atoms with van der Waals surface area (Å²) in [7, 11) is 7.47. The van der Waals surface area contributed by atoms with Crippen LogP contribution in [0.15, 0.2) is 11.8 Å². The summed E-state index contributed by atoms with van der Waals surface area (Å²) < 4.78 is 0. The number of rotatable bonds is 1. The number of fused-ring (bicyclic) bond motifs is 2. The lowest BCUT2D eigenvalue weighted by molar-refractivity contribution is -0.192. The molecular weight excluding hydrogens is 660 g/mol. The van der Waals surface area contributed by atoms with Gasteiger partial charge in [0, 0.05) is 60.3 Å². The molecule has 12 nitrogen and oxygen atoms in total. The average Bonchev–Trinajstić information content (AvgIpc) is 3.79. The van der Waals surface area contributed by atoms with Crippen molar-refractivity contribution >= 4 is 35.4 Å². The Balaban J connectivity index is 1.08. The van der Waals surface area contributed by atoms with E-state index < -0.39 is 43.8 Å². The second-order valence-corrected chi connectivity index (χ2v) is 20.4. The predicted molar refractivity (Wildman–Crippen MR) is 187 cm³/mol. The van der Waals surface area contributed by atoms with Gasteiger partial charge in [0.1, 0.15) is 11.1 Å². The molecule has 0 aromatic rings. The number of hydrogen-bond donors (Lipinski definition) is 0. The van der Waals surface area contributed by atoms with Crippen molar-refractivity contribution in [3.05, 3.63) is 11.8 Å². The van der Waals surface area contributed by atoms with Crippen LogP contribution in [0.3, 0.4) is 0 Å². The Labute approximate surface area is 306 Å². The highest BCUT2D eigenvalue weighted by molar-refractivity contribution is 6.01. The van der Waals surface area contributed by atoms with Gasteiger partial charge in [-0.25, -0.2) is 0 Å². The Bertz CT molecular complexity index is 1910. The molecule has 0 radical (unpaired) electrons. The average molecular weight is 715 g/mol. The maximum absolute atomic E-state index is 15.2. The monoisotopic (exact) mass is 714 g/mol. The smallest absolute Gasteiger partial charge is 0.249 e. The highest BCUT2D eigenvalue weighted by Gasteiger charge is 2.84. The standard InChI is InChI=1S/C40H54N6O6/c1-21-11-27(47)45-19-36-17-35(33(3,4)25(36)14-39(21,45)31(51)43(36)9)13-24(42(8)29(35)49)23-16-41(7)30(50)38(23)18-37-20-46-28(48)12-22(2)40(46,32(52)44(37)10)15-26(37)34(38,5)6/h16,21-22,24-26H,11-15,17-20H2,1-10H3/t21-,22-,24?,25-,26-,35?,36?,37?,38+,39-,40+/m0/s1. The van der Waals surface area contributed by atoms with Crippen molar-refractivity contribution < 1.29 is 28.8 Å². The van der Waals surface area contributed by atoms with E-state index in [9.17, 15) is 24.0 Å². The number of carbonyl (C=O) groups is 6. The Morgan fingerprint density at radius 3 is 1.62 bits per heavy atom. The van der Waals surface area contributed by atoms with Gasteiger partial charge in [-0.1, -0.05) is 41.5 Å². The molecule has 6 spiro atoms. The molecule has 0 aromatic heterocycles. The lowest BCUT2D eigenvalue weighted by atomic mass is 9.55. The summed E-state index contributed by atoms with van der Waals surface area (Å²) in [6.07, 6.45) is 5.22. The lowest BCUT2D eigenvalue weighted by Crippen LogP contribution is -2.80. The van der Waals surface area contributed by atoms with Gasteiger partial charge in [-0.2, -0.15) is 0 Å². The minimum absolute atomic E-state index is 0.00598. The summed E-state index contributed by atoms with van der Waals surface area (Å²) in [5, 5.41) is 0. The fourth-order valence-corrected chi connectivity index (χ4v) is 16.0. The Hall–Kier alpha value is -3.44. The predicted octanol–water partition coefficient (Wildman–Crippen LogP) is 2.08. The first-order valence-electron chi connectivity index (χ1n) is 19.5. The molecule has 12 rings (SSSR count).